The van der Waals surface area contributed by atoms with Crippen LogP contribution in [0.5, 0.6) is 0 Å². The molecule has 10 heteroatoms. The number of rotatable bonds is 5. The lowest BCUT2D eigenvalue weighted by atomic mass is 10.3. The van der Waals surface area contributed by atoms with Gasteiger partial charge in [0.05, 0.1) is 15.1 Å². The highest BCUT2D eigenvalue weighted by atomic mass is 35.5. The number of nitrogens with one attached hydrogen (secondary N) is 2. The maximum atomic E-state index is 11.8. The van der Waals surface area contributed by atoms with Gasteiger partial charge in [0.15, 0.2) is 12.3 Å². The number of aromatic nitrogens is 1. The predicted molar refractivity (Wildman–Crippen MR) is 86.0 cm³/mol. The smallest absolute Gasteiger partial charge is 0.359 e. The zero-order valence-corrected chi connectivity index (χ0v) is 14.6. The Morgan fingerprint density at radius 2 is 1.91 bits per heavy atom. The SMILES string of the molecule is CC[C@H](C)NC(=O)NC(=O)COC(=O)c1ncc(Cl)c(Cl)c1Cl. The Bertz CT molecular complexity index is 625. The minimum absolute atomic E-state index is 0.0485. The van der Waals surface area contributed by atoms with Crippen LogP contribution < -0.4 is 10.6 Å². The van der Waals surface area contributed by atoms with Crippen molar-refractivity contribution in [3.8, 4) is 0 Å². The van der Waals surface area contributed by atoms with E-state index in [0.29, 0.717) is 6.42 Å². The Kier molecular flexibility index (Phi) is 7.54. The van der Waals surface area contributed by atoms with Crippen molar-refractivity contribution >= 4 is 52.7 Å². The van der Waals surface area contributed by atoms with Gasteiger partial charge >= 0.3 is 12.0 Å². The lowest BCUT2D eigenvalue weighted by molar-refractivity contribution is -0.123. The minimum Gasteiger partial charge on any atom is -0.451 e. The van der Waals surface area contributed by atoms with Crippen LogP contribution in [0.1, 0.15) is 30.8 Å². The van der Waals surface area contributed by atoms with Gasteiger partial charge < -0.3 is 10.1 Å². The molecule has 0 radical (unpaired) electrons. The molecule has 0 spiro atoms. The van der Waals surface area contributed by atoms with E-state index < -0.39 is 24.5 Å². The highest BCUT2D eigenvalue weighted by Crippen LogP contribution is 2.31. The average molecular weight is 383 g/mol. The van der Waals surface area contributed by atoms with Crippen molar-refractivity contribution in [2.45, 2.75) is 26.3 Å². The molecule has 0 fully saturated rings. The summed E-state index contributed by atoms with van der Waals surface area (Å²) in [5, 5.41) is 4.39. The molecular formula is C13H14Cl3N3O4. The fraction of sp³-hybridized carbons (Fsp3) is 0.385. The van der Waals surface area contributed by atoms with Crippen LogP contribution in [0.25, 0.3) is 0 Å². The summed E-state index contributed by atoms with van der Waals surface area (Å²) in [7, 11) is 0. The number of carbonyl (C=O) groups excluding carboxylic acids is 3. The number of nitrogens with zero attached hydrogens (tertiary/aromatic N) is 1. The van der Waals surface area contributed by atoms with Gasteiger partial charge in [-0.25, -0.2) is 14.6 Å². The van der Waals surface area contributed by atoms with E-state index in [-0.39, 0.29) is 26.8 Å². The molecule has 1 aromatic rings. The second kappa shape index (κ2) is 8.90. The van der Waals surface area contributed by atoms with E-state index in [1.807, 2.05) is 12.2 Å². The maximum absolute atomic E-state index is 11.8. The van der Waals surface area contributed by atoms with Crippen molar-refractivity contribution in [1.82, 2.24) is 15.6 Å². The topological polar surface area (TPSA) is 97.4 Å². The number of ether oxygens (including phenoxy) is 1. The largest absolute Gasteiger partial charge is 0.451 e. The second-order valence-electron chi connectivity index (χ2n) is 4.49. The van der Waals surface area contributed by atoms with Gasteiger partial charge in [-0.1, -0.05) is 41.7 Å². The van der Waals surface area contributed by atoms with Crippen molar-refractivity contribution < 1.29 is 19.1 Å². The third-order valence-electron chi connectivity index (χ3n) is 2.69. The summed E-state index contributed by atoms with van der Waals surface area (Å²) in [5.41, 5.74) is -0.280. The number of halogens is 3. The first-order valence-electron chi connectivity index (χ1n) is 6.53. The molecule has 0 aromatic carbocycles. The van der Waals surface area contributed by atoms with Crippen LogP contribution in [0.2, 0.25) is 15.1 Å². The van der Waals surface area contributed by atoms with E-state index in [9.17, 15) is 14.4 Å². The second-order valence-corrected chi connectivity index (χ2v) is 5.65. The summed E-state index contributed by atoms with van der Waals surface area (Å²) < 4.78 is 4.72. The van der Waals surface area contributed by atoms with Crippen LogP contribution in [0.15, 0.2) is 6.20 Å². The number of hydrogen-bond acceptors (Lipinski definition) is 5. The van der Waals surface area contributed by atoms with Gasteiger partial charge in [-0.15, -0.1) is 0 Å². The zero-order chi connectivity index (χ0) is 17.6. The highest BCUT2D eigenvalue weighted by molar-refractivity contribution is 6.48. The summed E-state index contributed by atoms with van der Waals surface area (Å²) in [4.78, 5) is 38.4. The molecule has 3 amide bonds. The fourth-order valence-corrected chi connectivity index (χ4v) is 1.87. The first-order chi connectivity index (χ1) is 10.8. The summed E-state index contributed by atoms with van der Waals surface area (Å²) in [6.45, 7) is 2.98. The molecule has 0 unspecified atom stereocenters. The molecule has 0 saturated heterocycles. The summed E-state index contributed by atoms with van der Waals surface area (Å²) in [5.74, 6) is -1.76. The van der Waals surface area contributed by atoms with Gasteiger partial charge in [0, 0.05) is 12.2 Å². The molecule has 0 aliphatic heterocycles. The van der Waals surface area contributed by atoms with Crippen molar-refractivity contribution in [3.63, 3.8) is 0 Å². The maximum Gasteiger partial charge on any atom is 0.359 e. The van der Waals surface area contributed by atoms with Crippen molar-refractivity contribution in [2.75, 3.05) is 6.61 Å². The van der Waals surface area contributed by atoms with E-state index in [4.69, 9.17) is 39.5 Å². The van der Waals surface area contributed by atoms with Crippen LogP contribution in [0.4, 0.5) is 4.79 Å². The third kappa shape index (κ3) is 5.85. The standard InChI is InChI=1S/C13H14Cl3N3O4/c1-3-6(2)18-13(22)19-8(20)5-23-12(21)11-10(16)9(15)7(14)4-17-11/h4,6H,3,5H2,1-2H3,(H2,18,19,20,22)/t6-/m0/s1. The Labute approximate surface area is 147 Å². The van der Waals surface area contributed by atoms with Gasteiger partial charge in [-0.2, -0.15) is 0 Å². The first-order valence-corrected chi connectivity index (χ1v) is 7.66. The Hall–Kier alpha value is -1.57. The first kappa shape index (κ1) is 19.5. The van der Waals surface area contributed by atoms with Gasteiger partial charge in [0.2, 0.25) is 0 Å². The van der Waals surface area contributed by atoms with Crippen LogP contribution in [0.3, 0.4) is 0 Å². The molecule has 0 bridgehead atoms. The Balaban J connectivity index is 2.55. The van der Waals surface area contributed by atoms with Gasteiger partial charge in [-0.3, -0.25) is 10.1 Å². The van der Waals surface area contributed by atoms with Gasteiger partial charge in [-0.05, 0) is 13.3 Å². The molecule has 1 heterocycles. The zero-order valence-electron chi connectivity index (χ0n) is 12.3. The number of imide groups is 1. The molecule has 7 nitrogen and oxygen atoms in total. The molecule has 0 saturated carbocycles. The van der Waals surface area contributed by atoms with E-state index >= 15 is 0 Å². The minimum atomic E-state index is -0.967. The monoisotopic (exact) mass is 381 g/mol. The van der Waals surface area contributed by atoms with E-state index in [0.717, 1.165) is 6.20 Å². The van der Waals surface area contributed by atoms with Crippen LogP contribution in [-0.2, 0) is 9.53 Å². The number of pyridine rings is 1. The van der Waals surface area contributed by atoms with Gasteiger partial charge in [0.1, 0.15) is 0 Å². The molecule has 1 atom stereocenters. The van der Waals surface area contributed by atoms with E-state index in [1.54, 1.807) is 6.92 Å². The highest BCUT2D eigenvalue weighted by Gasteiger charge is 2.20. The molecule has 0 aliphatic carbocycles. The quantitative estimate of drug-likeness (QED) is 0.763. The van der Waals surface area contributed by atoms with Gasteiger partial charge in [0.25, 0.3) is 5.91 Å². The molecule has 2 N–H and O–H groups in total. The van der Waals surface area contributed by atoms with Crippen molar-refractivity contribution in [3.05, 3.63) is 27.0 Å². The van der Waals surface area contributed by atoms with Crippen molar-refractivity contribution in [1.29, 1.82) is 0 Å². The number of hydrogen-bond donors (Lipinski definition) is 2. The summed E-state index contributed by atoms with van der Waals surface area (Å²) in [6.07, 6.45) is 1.84. The molecule has 0 aliphatic rings. The number of urea groups is 1. The number of esters is 1. The fourth-order valence-electron chi connectivity index (χ4n) is 1.31. The van der Waals surface area contributed by atoms with Crippen LogP contribution in [0, 0.1) is 0 Å². The molecule has 126 valence electrons. The predicted octanol–water partition coefficient (Wildman–Crippen LogP) is 2.82. The van der Waals surface area contributed by atoms with E-state index in [2.05, 4.69) is 10.3 Å². The molecule has 1 aromatic heterocycles. The summed E-state index contributed by atoms with van der Waals surface area (Å²) in [6, 6.07) is -0.768. The van der Waals surface area contributed by atoms with Crippen LogP contribution in [-0.4, -0.2) is 35.5 Å². The normalized spacial score (nSPS) is 11.5. The molecule has 23 heavy (non-hydrogen) atoms. The summed E-state index contributed by atoms with van der Waals surface area (Å²) >= 11 is 17.3. The lowest BCUT2D eigenvalue weighted by Crippen LogP contribution is -2.44. The van der Waals surface area contributed by atoms with Crippen molar-refractivity contribution in [2.24, 2.45) is 0 Å². The average Bonchev–Trinajstić information content (AvgIpc) is 2.50. The number of amides is 3. The Morgan fingerprint density at radius 1 is 1.26 bits per heavy atom. The molecule has 1 rings (SSSR count). The molecular weight excluding hydrogens is 369 g/mol. The lowest BCUT2D eigenvalue weighted by Gasteiger charge is -2.12. The number of carbonyl (C=O) groups is 3. The van der Waals surface area contributed by atoms with E-state index in [1.165, 1.54) is 0 Å². The Morgan fingerprint density at radius 3 is 2.52 bits per heavy atom. The van der Waals surface area contributed by atoms with Crippen LogP contribution >= 0.6 is 34.8 Å². The third-order valence-corrected chi connectivity index (χ3v) is 3.93.